The van der Waals surface area contributed by atoms with E-state index in [0.717, 1.165) is 12.2 Å². The van der Waals surface area contributed by atoms with Crippen LogP contribution in [0.2, 0.25) is 0 Å². The number of fused-ring (bicyclic) bond motifs is 1. The van der Waals surface area contributed by atoms with E-state index in [1.807, 2.05) is 0 Å². The van der Waals surface area contributed by atoms with Gasteiger partial charge < -0.3 is 10.1 Å². The van der Waals surface area contributed by atoms with Crippen LogP contribution in [0.4, 0.5) is 0 Å². The molecule has 2 rings (SSSR count). The van der Waals surface area contributed by atoms with Crippen LogP contribution in [0.15, 0.2) is 18.2 Å². The fourth-order valence-corrected chi connectivity index (χ4v) is 2.32. The summed E-state index contributed by atoms with van der Waals surface area (Å²) in [5.41, 5.74) is 2.85. The van der Waals surface area contributed by atoms with E-state index < -0.39 is 0 Å². The zero-order valence-corrected chi connectivity index (χ0v) is 9.71. The summed E-state index contributed by atoms with van der Waals surface area (Å²) in [7, 11) is 1.72. The van der Waals surface area contributed by atoms with Crippen LogP contribution >= 0.6 is 0 Å². The summed E-state index contributed by atoms with van der Waals surface area (Å²) < 4.78 is 5.25. The first-order valence-corrected chi connectivity index (χ1v) is 5.67. The van der Waals surface area contributed by atoms with Gasteiger partial charge in [-0.3, -0.25) is 0 Å². The fourth-order valence-electron chi connectivity index (χ4n) is 2.32. The van der Waals surface area contributed by atoms with E-state index in [1.54, 1.807) is 7.11 Å². The van der Waals surface area contributed by atoms with Crippen molar-refractivity contribution in [2.45, 2.75) is 38.8 Å². The number of methoxy groups -OCH3 is 1. The fraction of sp³-hybridized carbons (Fsp3) is 0.538. The smallest absolute Gasteiger partial charge is 0.119 e. The Balaban J connectivity index is 2.32. The third-order valence-corrected chi connectivity index (χ3v) is 3.26. The molecule has 0 saturated carbocycles. The summed E-state index contributed by atoms with van der Waals surface area (Å²) in [5.74, 6) is 0.956. The molecule has 1 aliphatic rings. The van der Waals surface area contributed by atoms with Crippen LogP contribution in [0.25, 0.3) is 0 Å². The van der Waals surface area contributed by atoms with E-state index in [9.17, 15) is 0 Å². The molecule has 0 saturated heterocycles. The van der Waals surface area contributed by atoms with Crippen molar-refractivity contribution in [3.05, 3.63) is 29.3 Å². The predicted octanol–water partition coefficient (Wildman–Crippen LogP) is 2.68. The lowest BCUT2D eigenvalue weighted by Crippen LogP contribution is -2.37. The molecule has 2 atom stereocenters. The average molecular weight is 205 g/mol. The maximum Gasteiger partial charge on any atom is 0.119 e. The molecular formula is C13H19NO. The third-order valence-electron chi connectivity index (χ3n) is 3.26. The van der Waals surface area contributed by atoms with E-state index in [0.29, 0.717) is 12.1 Å². The summed E-state index contributed by atoms with van der Waals surface area (Å²) >= 11 is 0. The molecule has 1 heterocycles. The Labute approximate surface area is 91.6 Å². The van der Waals surface area contributed by atoms with Crippen molar-refractivity contribution in [2.24, 2.45) is 0 Å². The molecule has 0 bridgehead atoms. The standard InChI is InChI=1S/C13H19NO/c1-4-11-7-10-5-6-12(15-3)8-13(10)9(2)14-11/h5-6,8-9,11,14H,4,7H2,1-3H3. The van der Waals surface area contributed by atoms with Gasteiger partial charge in [0.1, 0.15) is 5.75 Å². The molecule has 2 nitrogen and oxygen atoms in total. The number of nitrogens with one attached hydrogen (secondary N) is 1. The molecule has 1 aliphatic heterocycles. The number of hydrogen-bond acceptors (Lipinski definition) is 2. The van der Waals surface area contributed by atoms with Crippen molar-refractivity contribution < 1.29 is 4.74 Å². The minimum atomic E-state index is 0.439. The van der Waals surface area contributed by atoms with Crippen LogP contribution in [0.5, 0.6) is 5.75 Å². The highest BCUT2D eigenvalue weighted by molar-refractivity contribution is 5.39. The molecule has 0 amide bonds. The van der Waals surface area contributed by atoms with Crippen LogP contribution in [0.3, 0.4) is 0 Å². The highest BCUT2D eigenvalue weighted by Gasteiger charge is 2.22. The zero-order chi connectivity index (χ0) is 10.8. The van der Waals surface area contributed by atoms with Gasteiger partial charge in [0.2, 0.25) is 0 Å². The second-order valence-corrected chi connectivity index (χ2v) is 4.26. The van der Waals surface area contributed by atoms with Crippen LogP contribution in [-0.4, -0.2) is 13.2 Å². The second kappa shape index (κ2) is 4.23. The van der Waals surface area contributed by atoms with Crippen LogP contribution in [0.1, 0.15) is 37.4 Å². The topological polar surface area (TPSA) is 21.3 Å². The van der Waals surface area contributed by atoms with E-state index in [1.165, 1.54) is 17.5 Å². The number of benzene rings is 1. The van der Waals surface area contributed by atoms with Crippen molar-refractivity contribution in [1.29, 1.82) is 0 Å². The van der Waals surface area contributed by atoms with Crippen LogP contribution in [-0.2, 0) is 6.42 Å². The average Bonchev–Trinajstić information content (AvgIpc) is 2.28. The third kappa shape index (κ3) is 2.00. The Kier molecular flexibility index (Phi) is 2.96. The van der Waals surface area contributed by atoms with Gasteiger partial charge in [-0.25, -0.2) is 0 Å². The molecule has 0 radical (unpaired) electrons. The Morgan fingerprint density at radius 2 is 2.27 bits per heavy atom. The maximum atomic E-state index is 5.25. The first-order valence-electron chi connectivity index (χ1n) is 5.67. The molecule has 0 spiro atoms. The Hall–Kier alpha value is -1.02. The van der Waals surface area contributed by atoms with Gasteiger partial charge in [0, 0.05) is 12.1 Å². The largest absolute Gasteiger partial charge is 0.497 e. The first-order chi connectivity index (χ1) is 7.24. The molecule has 15 heavy (non-hydrogen) atoms. The van der Waals surface area contributed by atoms with Gasteiger partial charge in [0.05, 0.1) is 7.11 Å². The lowest BCUT2D eigenvalue weighted by Gasteiger charge is -2.31. The monoisotopic (exact) mass is 205 g/mol. The van der Waals surface area contributed by atoms with E-state index in [2.05, 4.69) is 37.4 Å². The first kappa shape index (κ1) is 10.5. The van der Waals surface area contributed by atoms with Gasteiger partial charge in [-0.05, 0) is 43.0 Å². The number of rotatable bonds is 2. The summed E-state index contributed by atoms with van der Waals surface area (Å²) in [6, 6.07) is 7.48. The van der Waals surface area contributed by atoms with Crippen LogP contribution < -0.4 is 10.1 Å². The Bertz CT molecular complexity index is 348. The predicted molar refractivity (Wildman–Crippen MR) is 62.3 cm³/mol. The minimum absolute atomic E-state index is 0.439. The van der Waals surface area contributed by atoms with Crippen LogP contribution in [0, 0.1) is 0 Å². The lowest BCUT2D eigenvalue weighted by atomic mass is 9.90. The molecule has 1 aromatic rings. The molecule has 82 valence electrons. The molecule has 0 fully saturated rings. The van der Waals surface area contributed by atoms with Crippen molar-refractivity contribution in [2.75, 3.05) is 7.11 Å². The van der Waals surface area contributed by atoms with Gasteiger partial charge in [-0.2, -0.15) is 0 Å². The van der Waals surface area contributed by atoms with E-state index >= 15 is 0 Å². The molecule has 2 unspecified atom stereocenters. The SMILES string of the molecule is CCC1Cc2ccc(OC)cc2C(C)N1. The molecule has 0 aliphatic carbocycles. The van der Waals surface area contributed by atoms with Gasteiger partial charge >= 0.3 is 0 Å². The van der Waals surface area contributed by atoms with Gasteiger partial charge in [0.25, 0.3) is 0 Å². The maximum absolute atomic E-state index is 5.25. The quantitative estimate of drug-likeness (QED) is 0.801. The van der Waals surface area contributed by atoms with Crippen molar-refractivity contribution in [3.8, 4) is 5.75 Å². The highest BCUT2D eigenvalue weighted by Crippen LogP contribution is 2.29. The summed E-state index contributed by atoms with van der Waals surface area (Å²) in [6.07, 6.45) is 2.33. The number of ether oxygens (including phenoxy) is 1. The van der Waals surface area contributed by atoms with E-state index in [-0.39, 0.29) is 0 Å². The van der Waals surface area contributed by atoms with Crippen molar-refractivity contribution in [3.63, 3.8) is 0 Å². The van der Waals surface area contributed by atoms with Gasteiger partial charge in [0.15, 0.2) is 0 Å². The zero-order valence-electron chi connectivity index (χ0n) is 9.71. The normalized spacial score (nSPS) is 24.7. The van der Waals surface area contributed by atoms with E-state index in [4.69, 9.17) is 4.74 Å². The summed E-state index contributed by atoms with van der Waals surface area (Å²) in [6.45, 7) is 4.46. The lowest BCUT2D eigenvalue weighted by molar-refractivity contribution is 0.397. The second-order valence-electron chi connectivity index (χ2n) is 4.26. The van der Waals surface area contributed by atoms with Gasteiger partial charge in [-0.1, -0.05) is 13.0 Å². The Morgan fingerprint density at radius 1 is 1.47 bits per heavy atom. The molecule has 1 aromatic carbocycles. The number of hydrogen-bond donors (Lipinski definition) is 1. The van der Waals surface area contributed by atoms with Gasteiger partial charge in [-0.15, -0.1) is 0 Å². The van der Waals surface area contributed by atoms with Crippen molar-refractivity contribution in [1.82, 2.24) is 5.32 Å². The molecule has 1 N–H and O–H groups in total. The Morgan fingerprint density at radius 3 is 2.93 bits per heavy atom. The molecule has 0 aromatic heterocycles. The molecular weight excluding hydrogens is 186 g/mol. The highest BCUT2D eigenvalue weighted by atomic mass is 16.5. The molecule has 2 heteroatoms. The van der Waals surface area contributed by atoms with Crippen molar-refractivity contribution >= 4 is 0 Å². The minimum Gasteiger partial charge on any atom is -0.497 e. The summed E-state index contributed by atoms with van der Waals surface area (Å²) in [4.78, 5) is 0. The summed E-state index contributed by atoms with van der Waals surface area (Å²) in [5, 5.41) is 3.62.